The average Bonchev–Trinajstić information content (AvgIpc) is 2.43. The number of halogens is 2. The molecule has 0 aliphatic rings. The molecule has 5 heteroatoms. The predicted octanol–water partition coefficient (Wildman–Crippen LogP) is 4.13. The van der Waals surface area contributed by atoms with Gasteiger partial charge in [-0.1, -0.05) is 41.4 Å². The third-order valence-electron chi connectivity index (χ3n) is 2.88. The van der Waals surface area contributed by atoms with Gasteiger partial charge >= 0.3 is 0 Å². The van der Waals surface area contributed by atoms with Crippen molar-refractivity contribution in [1.29, 1.82) is 0 Å². The van der Waals surface area contributed by atoms with E-state index in [2.05, 4.69) is 0 Å². The number of carbonyl (C=O) groups is 1. The van der Waals surface area contributed by atoms with Gasteiger partial charge in [0.1, 0.15) is 11.5 Å². The molecule has 0 aliphatic carbocycles. The van der Waals surface area contributed by atoms with Gasteiger partial charge in [0.2, 0.25) is 0 Å². The lowest BCUT2D eigenvalue weighted by Crippen LogP contribution is -2.05. The predicted molar refractivity (Wildman–Crippen MR) is 79.2 cm³/mol. The summed E-state index contributed by atoms with van der Waals surface area (Å²) in [6.07, 6.45) is 0.0931. The first kappa shape index (κ1) is 14.7. The molecule has 0 saturated heterocycles. The van der Waals surface area contributed by atoms with E-state index in [0.717, 1.165) is 0 Å². The SMILES string of the molecule is COc1cc(O)c(C(=O)Cc2ccccc2Cl)cc1Cl. The third kappa shape index (κ3) is 3.06. The topological polar surface area (TPSA) is 46.5 Å². The lowest BCUT2D eigenvalue weighted by atomic mass is 10.0. The van der Waals surface area contributed by atoms with Crippen LogP contribution in [0.2, 0.25) is 10.0 Å². The number of methoxy groups -OCH3 is 1. The van der Waals surface area contributed by atoms with Gasteiger partial charge in [0.15, 0.2) is 5.78 Å². The highest BCUT2D eigenvalue weighted by atomic mass is 35.5. The number of carbonyl (C=O) groups excluding carboxylic acids is 1. The number of ether oxygens (including phenoxy) is 1. The van der Waals surface area contributed by atoms with Crippen LogP contribution in [-0.2, 0) is 6.42 Å². The number of hydrogen-bond acceptors (Lipinski definition) is 3. The summed E-state index contributed by atoms with van der Waals surface area (Å²) in [6, 6.07) is 9.79. The normalized spacial score (nSPS) is 10.3. The molecular formula is C15H12Cl2O3. The van der Waals surface area contributed by atoms with Crippen molar-refractivity contribution < 1.29 is 14.6 Å². The zero-order valence-electron chi connectivity index (χ0n) is 10.7. The van der Waals surface area contributed by atoms with Crippen LogP contribution in [0.5, 0.6) is 11.5 Å². The summed E-state index contributed by atoms with van der Waals surface area (Å²) >= 11 is 12.0. The Morgan fingerprint density at radius 3 is 2.55 bits per heavy atom. The molecule has 0 amide bonds. The number of rotatable bonds is 4. The summed E-state index contributed by atoms with van der Waals surface area (Å²) in [5.41, 5.74) is 0.848. The van der Waals surface area contributed by atoms with Gasteiger partial charge in [0.25, 0.3) is 0 Å². The van der Waals surface area contributed by atoms with Crippen LogP contribution in [0, 0.1) is 0 Å². The first-order valence-corrected chi connectivity index (χ1v) is 6.61. The minimum atomic E-state index is -0.264. The van der Waals surface area contributed by atoms with Gasteiger partial charge < -0.3 is 9.84 Å². The van der Waals surface area contributed by atoms with E-state index in [-0.39, 0.29) is 28.5 Å². The molecular weight excluding hydrogens is 299 g/mol. The Bertz CT molecular complexity index is 654. The quantitative estimate of drug-likeness (QED) is 0.864. The van der Waals surface area contributed by atoms with Crippen LogP contribution in [0.15, 0.2) is 36.4 Å². The van der Waals surface area contributed by atoms with E-state index in [1.807, 2.05) is 0 Å². The molecule has 0 bridgehead atoms. The Morgan fingerprint density at radius 1 is 1.20 bits per heavy atom. The van der Waals surface area contributed by atoms with Crippen molar-refractivity contribution >= 4 is 29.0 Å². The number of benzene rings is 2. The molecule has 0 radical (unpaired) electrons. The highest BCUT2D eigenvalue weighted by Crippen LogP contribution is 2.32. The van der Waals surface area contributed by atoms with E-state index in [1.165, 1.54) is 19.2 Å². The van der Waals surface area contributed by atoms with Crippen molar-refractivity contribution in [3.05, 3.63) is 57.6 Å². The molecule has 2 aromatic rings. The minimum Gasteiger partial charge on any atom is -0.507 e. The van der Waals surface area contributed by atoms with Gasteiger partial charge in [-0.3, -0.25) is 4.79 Å². The van der Waals surface area contributed by atoms with Crippen LogP contribution >= 0.6 is 23.2 Å². The first-order valence-electron chi connectivity index (χ1n) is 5.86. The number of hydrogen-bond donors (Lipinski definition) is 1. The van der Waals surface area contributed by atoms with Gasteiger partial charge in [-0.2, -0.15) is 0 Å². The van der Waals surface area contributed by atoms with Gasteiger partial charge in [-0.25, -0.2) is 0 Å². The molecule has 0 heterocycles. The fourth-order valence-electron chi connectivity index (χ4n) is 1.83. The molecule has 3 nitrogen and oxygen atoms in total. The van der Waals surface area contributed by atoms with Crippen LogP contribution in [-0.4, -0.2) is 18.0 Å². The van der Waals surface area contributed by atoms with Crippen molar-refractivity contribution in [1.82, 2.24) is 0 Å². The van der Waals surface area contributed by atoms with E-state index in [9.17, 15) is 9.90 Å². The van der Waals surface area contributed by atoms with Crippen LogP contribution in [0.4, 0.5) is 0 Å². The van der Waals surface area contributed by atoms with Crippen LogP contribution < -0.4 is 4.74 Å². The van der Waals surface area contributed by atoms with E-state index in [1.54, 1.807) is 24.3 Å². The molecule has 1 N–H and O–H groups in total. The van der Waals surface area contributed by atoms with Crippen molar-refractivity contribution in [2.24, 2.45) is 0 Å². The highest BCUT2D eigenvalue weighted by Gasteiger charge is 2.16. The number of phenolic OH excluding ortho intramolecular Hbond substituents is 1. The fourth-order valence-corrected chi connectivity index (χ4v) is 2.28. The molecule has 104 valence electrons. The second-order valence-electron chi connectivity index (χ2n) is 4.20. The molecule has 20 heavy (non-hydrogen) atoms. The lowest BCUT2D eigenvalue weighted by Gasteiger charge is -2.09. The van der Waals surface area contributed by atoms with E-state index in [4.69, 9.17) is 27.9 Å². The Hall–Kier alpha value is -1.71. The molecule has 0 aromatic heterocycles. The largest absolute Gasteiger partial charge is 0.507 e. The van der Waals surface area contributed by atoms with Gasteiger partial charge in [0.05, 0.1) is 17.7 Å². The molecule has 0 fully saturated rings. The Kier molecular flexibility index (Phi) is 4.53. The van der Waals surface area contributed by atoms with Crippen molar-refractivity contribution in [3.8, 4) is 11.5 Å². The molecule has 0 unspecified atom stereocenters. The molecule has 0 saturated carbocycles. The van der Waals surface area contributed by atoms with E-state index < -0.39 is 0 Å². The maximum atomic E-state index is 12.2. The zero-order chi connectivity index (χ0) is 14.7. The van der Waals surface area contributed by atoms with E-state index >= 15 is 0 Å². The molecule has 0 atom stereocenters. The molecule has 2 aromatic carbocycles. The summed E-state index contributed by atoms with van der Waals surface area (Å²) in [4.78, 5) is 12.2. The first-order chi connectivity index (χ1) is 9.52. The van der Waals surface area contributed by atoms with Crippen LogP contribution in [0.25, 0.3) is 0 Å². The third-order valence-corrected chi connectivity index (χ3v) is 3.54. The summed E-state index contributed by atoms with van der Waals surface area (Å²) in [5, 5.41) is 10.7. The van der Waals surface area contributed by atoms with E-state index in [0.29, 0.717) is 16.3 Å². The standard InChI is InChI=1S/C15H12Cl2O3/c1-20-15-8-14(19)10(7-12(15)17)13(18)6-9-4-2-3-5-11(9)16/h2-5,7-8,19H,6H2,1H3. The van der Waals surface area contributed by atoms with Crippen molar-refractivity contribution in [3.63, 3.8) is 0 Å². The molecule has 2 rings (SSSR count). The van der Waals surface area contributed by atoms with Crippen molar-refractivity contribution in [2.45, 2.75) is 6.42 Å². The van der Waals surface area contributed by atoms with Crippen LogP contribution in [0.1, 0.15) is 15.9 Å². The second kappa shape index (κ2) is 6.16. The number of phenols is 1. The monoisotopic (exact) mass is 310 g/mol. The Morgan fingerprint density at radius 2 is 1.90 bits per heavy atom. The average molecular weight is 311 g/mol. The van der Waals surface area contributed by atoms with Crippen LogP contribution in [0.3, 0.4) is 0 Å². The number of ketones is 1. The Balaban J connectivity index is 2.30. The smallest absolute Gasteiger partial charge is 0.171 e. The molecule has 0 aliphatic heterocycles. The summed E-state index contributed by atoms with van der Waals surface area (Å²) < 4.78 is 4.97. The van der Waals surface area contributed by atoms with Crippen molar-refractivity contribution in [2.75, 3.05) is 7.11 Å². The zero-order valence-corrected chi connectivity index (χ0v) is 12.2. The van der Waals surface area contributed by atoms with Gasteiger partial charge in [-0.15, -0.1) is 0 Å². The number of aromatic hydroxyl groups is 1. The maximum absolute atomic E-state index is 12.2. The lowest BCUT2D eigenvalue weighted by molar-refractivity contribution is 0.0990. The highest BCUT2D eigenvalue weighted by molar-refractivity contribution is 6.33. The van der Waals surface area contributed by atoms with Gasteiger partial charge in [-0.05, 0) is 17.7 Å². The summed E-state index contributed by atoms with van der Waals surface area (Å²) in [5.74, 6) is -0.109. The minimum absolute atomic E-state index is 0.0931. The summed E-state index contributed by atoms with van der Waals surface area (Å²) in [7, 11) is 1.44. The van der Waals surface area contributed by atoms with Gasteiger partial charge in [0, 0.05) is 17.5 Å². The fraction of sp³-hybridized carbons (Fsp3) is 0.133. The summed E-state index contributed by atoms with van der Waals surface area (Å²) in [6.45, 7) is 0. The second-order valence-corrected chi connectivity index (χ2v) is 5.01. The molecule has 0 spiro atoms. The maximum Gasteiger partial charge on any atom is 0.171 e. The number of Topliss-reactive ketones (excluding diaryl/α,β-unsaturated/α-hetero) is 1. The Labute approximate surface area is 126 Å².